The molecule has 0 aliphatic rings. The molecule has 1 amide bonds. The van der Waals surface area contributed by atoms with Gasteiger partial charge in [-0.1, -0.05) is 23.7 Å². The number of aryl methyl sites for hydroxylation is 3. The van der Waals surface area contributed by atoms with Gasteiger partial charge in [-0.3, -0.25) is 4.79 Å². The molecule has 2 N–H and O–H groups in total. The van der Waals surface area contributed by atoms with Crippen molar-refractivity contribution in [2.45, 2.75) is 27.7 Å². The topological polar surface area (TPSA) is 95.1 Å². The largest absolute Gasteiger partial charge is 0.478 e. The predicted molar refractivity (Wildman–Crippen MR) is 125 cm³/mol. The molecule has 0 atom stereocenters. The van der Waals surface area contributed by atoms with Crippen LogP contribution in [0.4, 0.5) is 5.69 Å². The molecule has 0 aliphatic carbocycles. The van der Waals surface area contributed by atoms with E-state index in [1.807, 2.05) is 44.4 Å². The van der Waals surface area contributed by atoms with Gasteiger partial charge in [0.25, 0.3) is 5.91 Å². The van der Waals surface area contributed by atoms with Crippen LogP contribution in [0.1, 0.15) is 38.4 Å². The van der Waals surface area contributed by atoms with E-state index >= 15 is 0 Å². The summed E-state index contributed by atoms with van der Waals surface area (Å²) in [5, 5.41) is 22.1. The van der Waals surface area contributed by atoms with Crippen molar-refractivity contribution in [1.29, 1.82) is 5.26 Å². The van der Waals surface area contributed by atoms with Gasteiger partial charge in [-0.2, -0.15) is 5.26 Å². The molecule has 2 aromatic carbocycles. The van der Waals surface area contributed by atoms with Crippen molar-refractivity contribution in [3.8, 4) is 11.8 Å². The number of hydrogen-bond donors (Lipinski definition) is 2. The first-order chi connectivity index (χ1) is 15.1. The van der Waals surface area contributed by atoms with Crippen molar-refractivity contribution in [3.05, 3.63) is 86.7 Å². The van der Waals surface area contributed by atoms with Gasteiger partial charge in [-0.05, 0) is 80.8 Å². The molecule has 7 heteroatoms. The van der Waals surface area contributed by atoms with Crippen LogP contribution in [0, 0.1) is 39.0 Å². The van der Waals surface area contributed by atoms with Crippen LogP contribution in [-0.2, 0) is 4.79 Å². The summed E-state index contributed by atoms with van der Waals surface area (Å²) in [4.78, 5) is 24.1. The number of anilines is 1. The minimum atomic E-state index is -1.01. The lowest BCUT2D eigenvalue weighted by molar-refractivity contribution is -0.112. The van der Waals surface area contributed by atoms with E-state index in [4.69, 9.17) is 11.6 Å². The number of hydrogen-bond acceptors (Lipinski definition) is 3. The average molecular weight is 448 g/mol. The van der Waals surface area contributed by atoms with Crippen LogP contribution >= 0.6 is 11.6 Å². The number of aromatic carboxylic acids is 1. The molecule has 162 valence electrons. The Balaban J connectivity index is 1.99. The number of amides is 1. The molecule has 0 bridgehead atoms. The third-order valence-electron chi connectivity index (χ3n) is 5.26. The van der Waals surface area contributed by atoms with Gasteiger partial charge in [0, 0.05) is 27.8 Å². The molecule has 1 aromatic heterocycles. The molecular formula is C25H22ClN3O3. The van der Waals surface area contributed by atoms with E-state index in [1.165, 1.54) is 6.08 Å². The maximum Gasteiger partial charge on any atom is 0.335 e. The Labute approximate surface area is 191 Å². The van der Waals surface area contributed by atoms with E-state index in [2.05, 4.69) is 5.32 Å². The fraction of sp³-hybridized carbons (Fsp3) is 0.160. The zero-order valence-electron chi connectivity index (χ0n) is 18.2. The number of halogens is 1. The minimum absolute atomic E-state index is 0.0574. The van der Waals surface area contributed by atoms with Crippen LogP contribution < -0.4 is 5.32 Å². The Bertz CT molecular complexity index is 1310. The maximum atomic E-state index is 12.7. The third kappa shape index (κ3) is 4.58. The predicted octanol–water partition coefficient (Wildman–Crippen LogP) is 5.61. The normalized spacial score (nSPS) is 11.2. The molecule has 6 nitrogen and oxygen atoms in total. The molecule has 32 heavy (non-hydrogen) atoms. The van der Waals surface area contributed by atoms with Crippen molar-refractivity contribution < 1.29 is 14.7 Å². The van der Waals surface area contributed by atoms with E-state index in [-0.39, 0.29) is 11.1 Å². The highest BCUT2D eigenvalue weighted by Gasteiger charge is 2.16. The van der Waals surface area contributed by atoms with Crippen molar-refractivity contribution in [2.24, 2.45) is 0 Å². The number of nitriles is 1. The first-order valence-corrected chi connectivity index (χ1v) is 10.2. The minimum Gasteiger partial charge on any atom is -0.478 e. The van der Waals surface area contributed by atoms with Crippen molar-refractivity contribution in [3.63, 3.8) is 0 Å². The van der Waals surface area contributed by atoms with Gasteiger partial charge in [0.2, 0.25) is 0 Å². The number of nitrogens with zero attached hydrogens (tertiary/aromatic N) is 2. The highest BCUT2D eigenvalue weighted by Crippen LogP contribution is 2.26. The number of aromatic nitrogens is 1. The number of rotatable bonds is 5. The van der Waals surface area contributed by atoms with E-state index in [0.29, 0.717) is 16.3 Å². The number of carbonyl (C=O) groups is 2. The lowest BCUT2D eigenvalue weighted by Gasteiger charge is -2.13. The van der Waals surface area contributed by atoms with E-state index < -0.39 is 11.9 Å². The summed E-state index contributed by atoms with van der Waals surface area (Å²) in [5.41, 5.74) is 5.47. The van der Waals surface area contributed by atoms with Crippen LogP contribution in [0.15, 0.2) is 48.0 Å². The number of carboxylic acids is 1. The maximum absolute atomic E-state index is 12.7. The summed E-state index contributed by atoms with van der Waals surface area (Å²) >= 11 is 6.11. The molecule has 0 aliphatic heterocycles. The monoisotopic (exact) mass is 447 g/mol. The Morgan fingerprint density at radius 2 is 1.75 bits per heavy atom. The standard InChI is InChI=1S/C25H22ClN3O3/c1-14-6-8-21(12-22(14)26)28-24(30)20(13-27)10-19-9-16(3)29(17(19)4)23-11-18(25(31)32)7-5-15(23)2/h5-12H,1-4H3,(H,28,30)(H,31,32)/b20-10-. The lowest BCUT2D eigenvalue weighted by Crippen LogP contribution is -2.13. The van der Waals surface area contributed by atoms with Gasteiger partial charge in [0.15, 0.2) is 0 Å². The molecule has 0 unspecified atom stereocenters. The third-order valence-corrected chi connectivity index (χ3v) is 5.67. The van der Waals surface area contributed by atoms with E-state index in [0.717, 1.165) is 28.2 Å². The highest BCUT2D eigenvalue weighted by atomic mass is 35.5. The van der Waals surface area contributed by atoms with Crippen LogP contribution in [0.5, 0.6) is 0 Å². The summed E-state index contributed by atoms with van der Waals surface area (Å²) in [6.07, 6.45) is 1.53. The Kier molecular flexibility index (Phi) is 6.52. The molecular weight excluding hydrogens is 426 g/mol. The summed E-state index contributed by atoms with van der Waals surface area (Å²) in [6, 6.07) is 13.9. The molecule has 0 saturated heterocycles. The van der Waals surface area contributed by atoms with Gasteiger partial charge < -0.3 is 15.0 Å². The number of benzene rings is 2. The summed E-state index contributed by atoms with van der Waals surface area (Å²) in [7, 11) is 0. The molecule has 1 heterocycles. The second-order valence-corrected chi connectivity index (χ2v) is 7.96. The van der Waals surface area contributed by atoms with Gasteiger partial charge in [-0.15, -0.1) is 0 Å². The van der Waals surface area contributed by atoms with Gasteiger partial charge >= 0.3 is 5.97 Å². The fourth-order valence-corrected chi connectivity index (χ4v) is 3.64. The van der Waals surface area contributed by atoms with Crippen LogP contribution in [-0.4, -0.2) is 21.6 Å². The summed E-state index contributed by atoms with van der Waals surface area (Å²) in [6.45, 7) is 7.50. The number of carboxylic acid groups (broad SMARTS) is 1. The lowest BCUT2D eigenvalue weighted by atomic mass is 10.1. The number of carbonyl (C=O) groups excluding carboxylic acids is 1. The molecule has 0 fully saturated rings. The van der Waals surface area contributed by atoms with Gasteiger partial charge in [-0.25, -0.2) is 4.79 Å². The Morgan fingerprint density at radius 1 is 1.06 bits per heavy atom. The fourth-order valence-electron chi connectivity index (χ4n) is 3.46. The Morgan fingerprint density at radius 3 is 2.38 bits per heavy atom. The molecule has 3 aromatic rings. The summed E-state index contributed by atoms with van der Waals surface area (Å²) in [5.74, 6) is -1.55. The zero-order valence-corrected chi connectivity index (χ0v) is 18.9. The van der Waals surface area contributed by atoms with Crippen molar-refractivity contribution in [1.82, 2.24) is 4.57 Å². The highest BCUT2D eigenvalue weighted by molar-refractivity contribution is 6.31. The molecule has 0 saturated carbocycles. The zero-order chi connectivity index (χ0) is 23.6. The second kappa shape index (κ2) is 9.13. The molecule has 0 radical (unpaired) electrons. The van der Waals surface area contributed by atoms with E-state index in [1.54, 1.807) is 36.4 Å². The quantitative estimate of drug-likeness (QED) is 0.392. The smallest absolute Gasteiger partial charge is 0.335 e. The second-order valence-electron chi connectivity index (χ2n) is 7.56. The van der Waals surface area contributed by atoms with Crippen LogP contribution in [0.3, 0.4) is 0 Å². The van der Waals surface area contributed by atoms with Crippen LogP contribution in [0.2, 0.25) is 5.02 Å². The average Bonchev–Trinajstić information content (AvgIpc) is 3.02. The van der Waals surface area contributed by atoms with Crippen molar-refractivity contribution >= 4 is 35.2 Å². The molecule has 3 rings (SSSR count). The van der Waals surface area contributed by atoms with Gasteiger partial charge in [0.1, 0.15) is 11.6 Å². The first-order valence-electron chi connectivity index (χ1n) is 9.85. The van der Waals surface area contributed by atoms with Crippen LogP contribution in [0.25, 0.3) is 11.8 Å². The molecule has 0 spiro atoms. The van der Waals surface area contributed by atoms with E-state index in [9.17, 15) is 20.0 Å². The SMILES string of the molecule is Cc1ccc(NC(=O)/C(C#N)=C\c2cc(C)n(-c3cc(C(=O)O)ccc3C)c2C)cc1Cl. The van der Waals surface area contributed by atoms with Crippen molar-refractivity contribution in [2.75, 3.05) is 5.32 Å². The Hall–Kier alpha value is -3.82. The summed E-state index contributed by atoms with van der Waals surface area (Å²) < 4.78 is 1.92. The first kappa shape index (κ1) is 22.9. The number of nitrogens with one attached hydrogen (secondary N) is 1. The van der Waals surface area contributed by atoms with Gasteiger partial charge in [0.05, 0.1) is 5.56 Å².